The number of carbonyl (C=O) groups is 1. The van der Waals surface area contributed by atoms with Crippen molar-refractivity contribution in [1.82, 2.24) is 20.1 Å². The van der Waals surface area contributed by atoms with E-state index >= 15 is 0 Å². The monoisotopic (exact) mass is 410 g/mol. The zero-order valence-corrected chi connectivity index (χ0v) is 17.4. The number of benzene rings is 1. The van der Waals surface area contributed by atoms with Gasteiger partial charge in [-0.25, -0.2) is 0 Å². The lowest BCUT2D eigenvalue weighted by Crippen LogP contribution is -2.30. The van der Waals surface area contributed by atoms with Crippen LogP contribution in [0.15, 0.2) is 58.3 Å². The molecular weight excluding hydrogens is 384 g/mol. The third-order valence-corrected chi connectivity index (χ3v) is 6.36. The molecule has 152 valence electrons. The molecule has 29 heavy (non-hydrogen) atoms. The molecule has 3 aromatic rings. The predicted octanol–water partition coefficient (Wildman–Crippen LogP) is 4.84. The average molecular weight is 411 g/mol. The van der Waals surface area contributed by atoms with Gasteiger partial charge >= 0.3 is 0 Å². The third kappa shape index (κ3) is 4.72. The van der Waals surface area contributed by atoms with Crippen molar-refractivity contribution in [2.75, 3.05) is 0 Å². The molecule has 1 amide bonds. The second-order valence-corrected chi connectivity index (χ2v) is 8.72. The molecule has 1 saturated carbocycles. The minimum Gasteiger partial charge on any atom is -0.461 e. The second kappa shape index (κ2) is 9.31. The normalized spacial score (nSPS) is 15.9. The SMILES string of the molecule is CC(Sc1nnc(-c2ccco2)n1C1CCCCC1)C(=O)NCc1ccccc1. The highest BCUT2D eigenvalue weighted by Crippen LogP contribution is 2.36. The number of aromatic nitrogens is 3. The van der Waals surface area contributed by atoms with Crippen LogP contribution < -0.4 is 5.32 Å². The van der Waals surface area contributed by atoms with Crippen molar-refractivity contribution in [3.8, 4) is 11.6 Å². The van der Waals surface area contributed by atoms with Crippen LogP contribution in [0.3, 0.4) is 0 Å². The smallest absolute Gasteiger partial charge is 0.233 e. The molecular formula is C22H26N4O2S. The first-order valence-corrected chi connectivity index (χ1v) is 11.1. The van der Waals surface area contributed by atoms with E-state index in [2.05, 4.69) is 20.1 Å². The molecule has 2 aromatic heterocycles. The summed E-state index contributed by atoms with van der Waals surface area (Å²) in [6.45, 7) is 2.44. The van der Waals surface area contributed by atoms with E-state index in [4.69, 9.17) is 4.42 Å². The molecule has 1 aliphatic rings. The molecule has 1 fully saturated rings. The first-order valence-electron chi connectivity index (χ1n) is 10.2. The van der Waals surface area contributed by atoms with E-state index in [0.717, 1.165) is 35.1 Å². The van der Waals surface area contributed by atoms with Gasteiger partial charge in [0.25, 0.3) is 0 Å². The lowest BCUT2D eigenvalue weighted by Gasteiger charge is -2.25. The van der Waals surface area contributed by atoms with Gasteiger partial charge in [-0.05, 0) is 37.5 Å². The molecule has 4 rings (SSSR count). The minimum absolute atomic E-state index is 0.00315. The fraction of sp³-hybridized carbons (Fsp3) is 0.409. The number of carbonyl (C=O) groups excluding carboxylic acids is 1. The molecule has 1 unspecified atom stereocenters. The molecule has 1 aromatic carbocycles. The van der Waals surface area contributed by atoms with Crippen molar-refractivity contribution >= 4 is 17.7 Å². The van der Waals surface area contributed by atoms with Crippen LogP contribution in [0.1, 0.15) is 50.6 Å². The van der Waals surface area contributed by atoms with E-state index in [1.54, 1.807) is 6.26 Å². The summed E-state index contributed by atoms with van der Waals surface area (Å²) >= 11 is 1.46. The predicted molar refractivity (Wildman–Crippen MR) is 113 cm³/mol. The second-order valence-electron chi connectivity index (χ2n) is 7.41. The lowest BCUT2D eigenvalue weighted by atomic mass is 9.95. The molecule has 2 heterocycles. The van der Waals surface area contributed by atoms with Gasteiger partial charge in [-0.15, -0.1) is 10.2 Å². The Balaban J connectivity index is 1.49. The Labute approximate surface area is 175 Å². The molecule has 6 nitrogen and oxygen atoms in total. The van der Waals surface area contributed by atoms with Gasteiger partial charge in [-0.1, -0.05) is 61.4 Å². The van der Waals surface area contributed by atoms with Crippen molar-refractivity contribution in [3.05, 3.63) is 54.3 Å². The van der Waals surface area contributed by atoms with Gasteiger partial charge in [0, 0.05) is 12.6 Å². The van der Waals surface area contributed by atoms with E-state index in [-0.39, 0.29) is 11.2 Å². The summed E-state index contributed by atoms with van der Waals surface area (Å²) in [5.74, 6) is 1.47. The van der Waals surface area contributed by atoms with E-state index in [1.807, 2.05) is 49.4 Å². The molecule has 0 bridgehead atoms. The van der Waals surface area contributed by atoms with Gasteiger partial charge < -0.3 is 9.73 Å². The first kappa shape index (κ1) is 19.8. The molecule has 1 aliphatic carbocycles. The van der Waals surface area contributed by atoms with Crippen molar-refractivity contribution in [2.45, 2.75) is 62.0 Å². The number of furan rings is 1. The van der Waals surface area contributed by atoms with Crippen LogP contribution in [0.4, 0.5) is 0 Å². The molecule has 1 N–H and O–H groups in total. The fourth-order valence-corrected chi connectivity index (χ4v) is 4.68. The Bertz CT molecular complexity index is 918. The van der Waals surface area contributed by atoms with Crippen LogP contribution in [0.25, 0.3) is 11.6 Å². The topological polar surface area (TPSA) is 73.0 Å². The highest BCUT2D eigenvalue weighted by molar-refractivity contribution is 8.00. The molecule has 7 heteroatoms. The zero-order valence-electron chi connectivity index (χ0n) is 16.6. The number of amides is 1. The van der Waals surface area contributed by atoms with Gasteiger partial charge in [0.15, 0.2) is 10.9 Å². The number of nitrogens with zero attached hydrogens (tertiary/aromatic N) is 3. The Kier molecular flexibility index (Phi) is 6.34. The summed E-state index contributed by atoms with van der Waals surface area (Å²) in [6.07, 6.45) is 7.55. The van der Waals surface area contributed by atoms with Crippen LogP contribution in [0, 0.1) is 0 Å². The summed E-state index contributed by atoms with van der Waals surface area (Å²) in [6, 6.07) is 14.1. The maximum Gasteiger partial charge on any atom is 0.233 e. The van der Waals surface area contributed by atoms with Crippen molar-refractivity contribution in [3.63, 3.8) is 0 Å². The van der Waals surface area contributed by atoms with Crippen LogP contribution in [-0.2, 0) is 11.3 Å². The molecule has 0 aliphatic heterocycles. The van der Waals surface area contributed by atoms with Gasteiger partial charge in [-0.3, -0.25) is 9.36 Å². The lowest BCUT2D eigenvalue weighted by molar-refractivity contribution is -0.120. The highest BCUT2D eigenvalue weighted by atomic mass is 32.2. The summed E-state index contributed by atoms with van der Waals surface area (Å²) in [5.41, 5.74) is 1.09. The Morgan fingerprint density at radius 1 is 1.17 bits per heavy atom. The van der Waals surface area contributed by atoms with E-state index in [9.17, 15) is 4.79 Å². The largest absolute Gasteiger partial charge is 0.461 e. The third-order valence-electron chi connectivity index (χ3n) is 5.31. The number of nitrogens with one attached hydrogen (secondary N) is 1. The van der Waals surface area contributed by atoms with Gasteiger partial charge in [-0.2, -0.15) is 0 Å². The molecule has 0 radical (unpaired) electrons. The fourth-order valence-electron chi connectivity index (χ4n) is 3.74. The van der Waals surface area contributed by atoms with Crippen molar-refractivity contribution in [1.29, 1.82) is 0 Å². The van der Waals surface area contributed by atoms with Crippen molar-refractivity contribution in [2.24, 2.45) is 0 Å². The van der Waals surface area contributed by atoms with E-state index in [1.165, 1.54) is 31.0 Å². The molecule has 0 saturated heterocycles. The van der Waals surface area contributed by atoms with Gasteiger partial charge in [0.1, 0.15) is 0 Å². The Morgan fingerprint density at radius 2 is 1.97 bits per heavy atom. The van der Waals surface area contributed by atoms with E-state index in [0.29, 0.717) is 12.6 Å². The van der Waals surface area contributed by atoms with Gasteiger partial charge in [0.05, 0.1) is 11.5 Å². The number of thioether (sulfide) groups is 1. The summed E-state index contributed by atoms with van der Waals surface area (Å²) < 4.78 is 7.78. The Morgan fingerprint density at radius 3 is 2.69 bits per heavy atom. The quantitative estimate of drug-likeness (QED) is 0.564. The highest BCUT2D eigenvalue weighted by Gasteiger charge is 2.27. The maximum atomic E-state index is 12.6. The number of hydrogen-bond donors (Lipinski definition) is 1. The summed E-state index contributed by atoms with van der Waals surface area (Å²) in [5, 5.41) is 12.4. The molecule has 0 spiro atoms. The maximum absolute atomic E-state index is 12.6. The number of hydrogen-bond acceptors (Lipinski definition) is 5. The Hall–Kier alpha value is -2.54. The zero-order chi connectivity index (χ0) is 20.1. The summed E-state index contributed by atoms with van der Waals surface area (Å²) in [4.78, 5) is 12.6. The average Bonchev–Trinajstić information content (AvgIpc) is 3.43. The van der Waals surface area contributed by atoms with Crippen LogP contribution in [0.2, 0.25) is 0 Å². The standard InChI is InChI=1S/C22H26N4O2S/c1-16(21(27)23-15-17-9-4-2-5-10-17)29-22-25-24-20(19-13-8-14-28-19)26(22)18-11-6-3-7-12-18/h2,4-5,8-10,13-14,16,18H,3,6-7,11-12,15H2,1H3,(H,23,27). The van der Waals surface area contributed by atoms with Crippen molar-refractivity contribution < 1.29 is 9.21 Å². The first-order chi connectivity index (χ1) is 14.2. The number of rotatable bonds is 7. The van der Waals surface area contributed by atoms with Crippen LogP contribution >= 0.6 is 11.8 Å². The molecule has 1 atom stereocenters. The van der Waals surface area contributed by atoms with Gasteiger partial charge in [0.2, 0.25) is 11.7 Å². The minimum atomic E-state index is -0.269. The van der Waals surface area contributed by atoms with Crippen LogP contribution in [0.5, 0.6) is 0 Å². The van der Waals surface area contributed by atoms with Crippen LogP contribution in [-0.4, -0.2) is 25.9 Å². The van der Waals surface area contributed by atoms with E-state index < -0.39 is 0 Å². The summed E-state index contributed by atoms with van der Waals surface area (Å²) in [7, 11) is 0.